The number of hydroxylamine groups is 2. The number of imide groups is 1. The Kier molecular flexibility index (Phi) is 11.9. The average Bonchev–Trinajstić information content (AvgIpc) is 3.63. The van der Waals surface area contributed by atoms with Gasteiger partial charge >= 0.3 is 5.97 Å². The molecule has 1 saturated heterocycles. The zero-order valence-electron chi connectivity index (χ0n) is 27.9. The highest BCUT2D eigenvalue weighted by atomic mass is 16.7. The lowest BCUT2D eigenvalue weighted by atomic mass is 9.81. The van der Waals surface area contributed by atoms with Crippen LogP contribution in [-0.4, -0.2) is 77.9 Å². The van der Waals surface area contributed by atoms with Gasteiger partial charge in [-0.2, -0.15) is 0 Å². The minimum atomic E-state index is -0.970. The van der Waals surface area contributed by atoms with Crippen LogP contribution in [0, 0.1) is 11.8 Å². The van der Waals surface area contributed by atoms with E-state index < -0.39 is 30.2 Å². The molecule has 264 valence electrons. The summed E-state index contributed by atoms with van der Waals surface area (Å²) in [5, 5.41) is 13.0. The number of para-hydroxylation sites is 1. The maximum Gasteiger partial charge on any atom is 0.352 e. The fourth-order valence-electron chi connectivity index (χ4n) is 6.66. The Morgan fingerprint density at radius 1 is 0.918 bits per heavy atom. The third-order valence-corrected chi connectivity index (χ3v) is 9.34. The lowest BCUT2D eigenvalue weighted by Gasteiger charge is -2.28. The standard InChI is InChI=1S/C34H46N8O7/c1-2-3-10-25-40-30-31(23-8-4-5-9-24(23)39-32(30)35)41(25)18-7-6-17-36-33(47)21-11-13-22(14-12-21)34(48)38-19-26(43)37-20-29(46)49-42-27(44)15-16-28(42)45/h4-5,8-9,21-22,25,40H,2-3,6-7,10-20H2,1H3,(H2,35,39)(H,36,47)(H,37,43)(H,38,48)/t21-,22-,25?. The Bertz CT molecular complexity index is 1560. The van der Waals surface area contributed by atoms with Gasteiger partial charge in [-0.05, 0) is 57.4 Å². The molecule has 0 radical (unpaired) electrons. The van der Waals surface area contributed by atoms with Crippen LogP contribution in [0.3, 0.4) is 0 Å². The van der Waals surface area contributed by atoms with Crippen LogP contribution in [0.15, 0.2) is 24.3 Å². The van der Waals surface area contributed by atoms with Gasteiger partial charge in [-0.25, -0.2) is 9.78 Å². The van der Waals surface area contributed by atoms with Crippen molar-refractivity contribution in [2.24, 2.45) is 11.8 Å². The van der Waals surface area contributed by atoms with Crippen LogP contribution in [-0.2, 0) is 33.6 Å². The molecule has 1 aliphatic carbocycles. The number of aromatic nitrogens is 1. The van der Waals surface area contributed by atoms with Crippen LogP contribution < -0.4 is 31.9 Å². The molecule has 3 aliphatic rings. The molecule has 1 aromatic carbocycles. The number of nitrogens with one attached hydrogen (secondary N) is 4. The second-order valence-electron chi connectivity index (χ2n) is 12.8. The fourth-order valence-corrected chi connectivity index (χ4v) is 6.66. The minimum Gasteiger partial charge on any atom is -0.382 e. The normalized spacial score (nSPS) is 20.1. The monoisotopic (exact) mass is 678 g/mol. The number of unbranched alkanes of at least 4 members (excludes halogenated alkanes) is 2. The van der Waals surface area contributed by atoms with Crippen LogP contribution in [0.25, 0.3) is 10.9 Å². The second-order valence-corrected chi connectivity index (χ2v) is 12.8. The van der Waals surface area contributed by atoms with Crippen molar-refractivity contribution in [1.29, 1.82) is 0 Å². The number of pyridine rings is 1. The zero-order valence-corrected chi connectivity index (χ0v) is 27.9. The van der Waals surface area contributed by atoms with Gasteiger partial charge in [0, 0.05) is 43.2 Å². The summed E-state index contributed by atoms with van der Waals surface area (Å²) in [6.07, 6.45) is 7.19. The number of carbonyl (C=O) groups excluding carboxylic acids is 6. The number of carbonyl (C=O) groups is 6. The molecule has 0 spiro atoms. The van der Waals surface area contributed by atoms with E-state index in [0.717, 1.165) is 60.9 Å². The molecular formula is C34H46N8O7. The summed E-state index contributed by atoms with van der Waals surface area (Å²) < 4.78 is 0. The van der Waals surface area contributed by atoms with Crippen molar-refractivity contribution in [3.63, 3.8) is 0 Å². The number of hydrogen-bond donors (Lipinski definition) is 5. The number of amides is 5. The predicted octanol–water partition coefficient (Wildman–Crippen LogP) is 2.11. The summed E-state index contributed by atoms with van der Waals surface area (Å²) in [5.74, 6) is -3.07. The number of nitrogen functional groups attached to an aromatic ring is 1. The lowest BCUT2D eigenvalue weighted by Crippen LogP contribution is -2.43. The van der Waals surface area contributed by atoms with Crippen molar-refractivity contribution in [2.75, 3.05) is 42.1 Å². The molecule has 15 heteroatoms. The summed E-state index contributed by atoms with van der Waals surface area (Å²) in [6, 6.07) is 8.05. The van der Waals surface area contributed by atoms with Gasteiger partial charge in [0.05, 0.1) is 23.9 Å². The predicted molar refractivity (Wildman–Crippen MR) is 181 cm³/mol. The Morgan fingerprint density at radius 2 is 1.59 bits per heavy atom. The van der Waals surface area contributed by atoms with Crippen molar-refractivity contribution in [2.45, 2.75) is 83.7 Å². The summed E-state index contributed by atoms with van der Waals surface area (Å²) in [5.41, 5.74) is 9.23. The van der Waals surface area contributed by atoms with Crippen LogP contribution >= 0.6 is 0 Å². The van der Waals surface area contributed by atoms with Gasteiger partial charge in [-0.15, -0.1) is 5.06 Å². The van der Waals surface area contributed by atoms with Crippen LogP contribution in [0.4, 0.5) is 17.2 Å². The number of fused-ring (bicyclic) bond motifs is 3. The topological polar surface area (TPSA) is 205 Å². The molecule has 5 amide bonds. The van der Waals surface area contributed by atoms with E-state index >= 15 is 0 Å². The molecular weight excluding hydrogens is 632 g/mol. The molecule has 2 aliphatic heterocycles. The Morgan fingerprint density at radius 3 is 2.29 bits per heavy atom. The second kappa shape index (κ2) is 16.4. The summed E-state index contributed by atoms with van der Waals surface area (Å²) in [7, 11) is 0. The Balaban J connectivity index is 0.984. The minimum absolute atomic E-state index is 0.00121. The Labute approximate surface area is 285 Å². The highest BCUT2D eigenvalue weighted by Gasteiger charge is 2.34. The summed E-state index contributed by atoms with van der Waals surface area (Å²) in [4.78, 5) is 84.2. The van der Waals surface area contributed by atoms with Crippen molar-refractivity contribution in [3.8, 4) is 0 Å². The van der Waals surface area contributed by atoms with E-state index in [-0.39, 0.29) is 49.2 Å². The van der Waals surface area contributed by atoms with Gasteiger partial charge in [0.2, 0.25) is 17.7 Å². The van der Waals surface area contributed by atoms with Gasteiger partial charge < -0.3 is 36.7 Å². The van der Waals surface area contributed by atoms with Gasteiger partial charge in [-0.3, -0.25) is 24.0 Å². The van der Waals surface area contributed by atoms with E-state index in [1.54, 1.807) is 0 Å². The highest BCUT2D eigenvalue weighted by Crippen LogP contribution is 2.44. The zero-order chi connectivity index (χ0) is 34.9. The van der Waals surface area contributed by atoms with E-state index in [1.807, 2.05) is 18.2 Å². The third kappa shape index (κ3) is 8.75. The fraction of sp³-hybridized carbons (Fsp3) is 0.559. The molecule has 6 N–H and O–H groups in total. The summed E-state index contributed by atoms with van der Waals surface area (Å²) in [6.45, 7) is 2.67. The van der Waals surface area contributed by atoms with Gasteiger partial charge in [0.25, 0.3) is 11.8 Å². The quantitative estimate of drug-likeness (QED) is 0.136. The molecule has 3 heterocycles. The van der Waals surface area contributed by atoms with Crippen molar-refractivity contribution >= 4 is 63.6 Å². The number of nitrogens with zero attached hydrogens (tertiary/aromatic N) is 3. The lowest BCUT2D eigenvalue weighted by molar-refractivity contribution is -0.196. The average molecular weight is 679 g/mol. The first kappa shape index (κ1) is 35.4. The number of nitrogens with two attached hydrogens (primary N) is 1. The molecule has 1 atom stereocenters. The number of benzene rings is 1. The summed E-state index contributed by atoms with van der Waals surface area (Å²) >= 11 is 0. The van der Waals surface area contributed by atoms with Crippen LogP contribution in [0.1, 0.15) is 77.6 Å². The van der Waals surface area contributed by atoms with Crippen LogP contribution in [0.2, 0.25) is 0 Å². The van der Waals surface area contributed by atoms with Gasteiger partial charge in [0.1, 0.15) is 18.1 Å². The SMILES string of the molecule is CCCCC1Nc2c(N)nc3ccccc3c2N1CCCCNC(=O)[C@H]1CC[C@H](C(=O)NCC(=O)NCC(=O)ON2C(=O)CCC2=O)CC1. The molecule has 1 saturated carbocycles. The van der Waals surface area contributed by atoms with Gasteiger partial charge in [0.15, 0.2) is 0 Å². The smallest absolute Gasteiger partial charge is 0.352 e. The molecule has 2 aromatic rings. The maximum absolute atomic E-state index is 12.9. The molecule has 0 bridgehead atoms. The Hall–Kier alpha value is -4.95. The number of anilines is 3. The van der Waals surface area contributed by atoms with Gasteiger partial charge in [-0.1, -0.05) is 31.5 Å². The molecule has 15 nitrogen and oxygen atoms in total. The highest BCUT2D eigenvalue weighted by molar-refractivity contribution is 6.04. The molecule has 1 aromatic heterocycles. The molecule has 1 unspecified atom stereocenters. The van der Waals surface area contributed by atoms with Crippen molar-refractivity contribution < 1.29 is 33.6 Å². The molecule has 5 rings (SSSR count). The van der Waals surface area contributed by atoms with E-state index in [4.69, 9.17) is 5.73 Å². The largest absolute Gasteiger partial charge is 0.382 e. The number of hydrogen-bond acceptors (Lipinski definition) is 11. The van der Waals surface area contributed by atoms with E-state index in [9.17, 15) is 28.8 Å². The molecule has 2 fully saturated rings. The van der Waals surface area contributed by atoms with E-state index in [2.05, 4.69) is 49.0 Å². The van der Waals surface area contributed by atoms with Crippen molar-refractivity contribution in [1.82, 2.24) is 26.0 Å². The maximum atomic E-state index is 12.9. The first-order chi connectivity index (χ1) is 23.7. The first-order valence-corrected chi connectivity index (χ1v) is 17.3. The van der Waals surface area contributed by atoms with Crippen molar-refractivity contribution in [3.05, 3.63) is 24.3 Å². The van der Waals surface area contributed by atoms with E-state index in [0.29, 0.717) is 43.1 Å². The van der Waals surface area contributed by atoms with E-state index in [1.165, 1.54) is 0 Å². The molecule has 49 heavy (non-hydrogen) atoms. The third-order valence-electron chi connectivity index (χ3n) is 9.34. The first-order valence-electron chi connectivity index (χ1n) is 17.3. The number of rotatable bonds is 15. The van der Waals surface area contributed by atoms with Crippen LogP contribution in [0.5, 0.6) is 0 Å².